The Labute approximate surface area is 127 Å². The van der Waals surface area contributed by atoms with E-state index in [1.165, 1.54) is 32.1 Å². The van der Waals surface area contributed by atoms with Crippen molar-refractivity contribution in [1.82, 2.24) is 15.5 Å². The lowest BCUT2D eigenvalue weighted by molar-refractivity contribution is -0.127. The van der Waals surface area contributed by atoms with Crippen molar-refractivity contribution in [3.63, 3.8) is 0 Å². The van der Waals surface area contributed by atoms with Gasteiger partial charge in [0.05, 0.1) is 0 Å². The molecule has 5 heteroatoms. The quantitative estimate of drug-likeness (QED) is 0.836. The van der Waals surface area contributed by atoms with E-state index in [9.17, 15) is 9.59 Å². The topological polar surface area (TPSA) is 61.4 Å². The minimum atomic E-state index is -0.0836. The molecule has 1 atom stereocenters. The molecule has 21 heavy (non-hydrogen) atoms. The number of hydrogen-bond donors (Lipinski definition) is 2. The Morgan fingerprint density at radius 3 is 2.48 bits per heavy atom. The molecular formula is C16H29N3O2. The molecule has 5 nitrogen and oxygen atoms in total. The Kier molecular flexibility index (Phi) is 6.33. The van der Waals surface area contributed by atoms with Crippen molar-refractivity contribution in [2.24, 2.45) is 0 Å². The number of urea groups is 1. The van der Waals surface area contributed by atoms with E-state index in [2.05, 4.69) is 10.6 Å². The summed E-state index contributed by atoms with van der Waals surface area (Å²) in [6.45, 7) is 3.41. The highest BCUT2D eigenvalue weighted by atomic mass is 16.2. The summed E-state index contributed by atoms with van der Waals surface area (Å²) in [5.41, 5.74) is 0. The van der Waals surface area contributed by atoms with Gasteiger partial charge in [0, 0.05) is 31.6 Å². The summed E-state index contributed by atoms with van der Waals surface area (Å²) in [6, 6.07) is 0.228. The van der Waals surface area contributed by atoms with Gasteiger partial charge in [0.2, 0.25) is 5.91 Å². The highest BCUT2D eigenvalue weighted by Gasteiger charge is 2.22. The van der Waals surface area contributed by atoms with Crippen LogP contribution in [0.2, 0.25) is 0 Å². The van der Waals surface area contributed by atoms with Crippen LogP contribution in [-0.2, 0) is 4.79 Å². The van der Waals surface area contributed by atoms with E-state index in [1.54, 1.807) is 0 Å². The molecular weight excluding hydrogens is 266 g/mol. The van der Waals surface area contributed by atoms with Gasteiger partial charge in [0.1, 0.15) is 0 Å². The number of carbonyl (C=O) groups excluding carboxylic acids is 2. The number of nitrogens with one attached hydrogen (secondary N) is 2. The number of hydrogen-bond acceptors (Lipinski definition) is 2. The van der Waals surface area contributed by atoms with E-state index in [4.69, 9.17) is 0 Å². The van der Waals surface area contributed by atoms with Gasteiger partial charge in [-0.3, -0.25) is 4.79 Å². The lowest BCUT2D eigenvalue weighted by Crippen LogP contribution is -2.49. The standard InChI is InChI=1S/C16H29N3O2/c1-13(12-19-11-7-10-15(19)20)17-16(21)18-14-8-5-3-2-4-6-9-14/h13-14H,2-12H2,1H3,(H2,17,18,21)/t13-/m0/s1. The molecule has 0 aromatic carbocycles. The second-order valence-corrected chi connectivity index (χ2v) is 6.50. The van der Waals surface area contributed by atoms with Crippen LogP contribution in [0.4, 0.5) is 4.79 Å². The minimum absolute atomic E-state index is 0.000561. The molecule has 0 aromatic heterocycles. The second-order valence-electron chi connectivity index (χ2n) is 6.50. The summed E-state index contributed by atoms with van der Waals surface area (Å²) in [6.07, 6.45) is 10.1. The summed E-state index contributed by atoms with van der Waals surface area (Å²) in [5, 5.41) is 6.07. The lowest BCUT2D eigenvalue weighted by atomic mass is 9.97. The van der Waals surface area contributed by atoms with Crippen LogP contribution in [0.25, 0.3) is 0 Å². The molecule has 3 amide bonds. The zero-order valence-corrected chi connectivity index (χ0v) is 13.2. The summed E-state index contributed by atoms with van der Waals surface area (Å²) in [4.78, 5) is 25.5. The summed E-state index contributed by atoms with van der Waals surface area (Å²) >= 11 is 0. The Morgan fingerprint density at radius 1 is 1.19 bits per heavy atom. The highest BCUT2D eigenvalue weighted by Crippen LogP contribution is 2.17. The first kappa shape index (κ1) is 16.1. The Balaban J connectivity index is 1.68. The van der Waals surface area contributed by atoms with Crippen molar-refractivity contribution in [3.8, 4) is 0 Å². The zero-order chi connectivity index (χ0) is 15.1. The number of carbonyl (C=O) groups is 2. The maximum absolute atomic E-state index is 12.0. The molecule has 0 aromatic rings. The van der Waals surface area contributed by atoms with E-state index in [1.807, 2.05) is 11.8 Å². The van der Waals surface area contributed by atoms with E-state index in [0.29, 0.717) is 19.0 Å². The van der Waals surface area contributed by atoms with Gasteiger partial charge in [0.15, 0.2) is 0 Å². The summed E-state index contributed by atoms with van der Waals surface area (Å²) in [5.74, 6) is 0.212. The average molecular weight is 295 g/mol. The normalized spacial score (nSPS) is 22.5. The van der Waals surface area contributed by atoms with Gasteiger partial charge in [-0.2, -0.15) is 0 Å². The predicted molar refractivity (Wildman–Crippen MR) is 83.1 cm³/mol. The monoisotopic (exact) mass is 295 g/mol. The molecule has 2 rings (SSSR count). The van der Waals surface area contributed by atoms with Crippen LogP contribution in [0.1, 0.15) is 64.7 Å². The number of amides is 3. The first-order valence-corrected chi connectivity index (χ1v) is 8.50. The first-order chi connectivity index (χ1) is 10.1. The third-order valence-electron chi connectivity index (χ3n) is 4.48. The fourth-order valence-electron chi connectivity index (χ4n) is 3.32. The third-order valence-corrected chi connectivity index (χ3v) is 4.48. The SMILES string of the molecule is C[C@@H](CN1CCCC1=O)NC(=O)NC1CCCCCCC1. The van der Waals surface area contributed by atoms with Gasteiger partial charge in [-0.25, -0.2) is 4.79 Å². The zero-order valence-electron chi connectivity index (χ0n) is 13.2. The van der Waals surface area contributed by atoms with Gasteiger partial charge in [-0.05, 0) is 26.2 Å². The number of likely N-dealkylation sites (tertiary alicyclic amines) is 1. The van der Waals surface area contributed by atoms with Gasteiger partial charge in [-0.15, -0.1) is 0 Å². The second kappa shape index (κ2) is 8.25. The molecule has 0 unspecified atom stereocenters. The van der Waals surface area contributed by atoms with Crippen LogP contribution in [0, 0.1) is 0 Å². The molecule has 1 saturated carbocycles. The highest BCUT2D eigenvalue weighted by molar-refractivity contribution is 5.78. The summed E-state index contributed by atoms with van der Waals surface area (Å²) in [7, 11) is 0. The maximum Gasteiger partial charge on any atom is 0.315 e. The van der Waals surface area contributed by atoms with Crippen molar-refractivity contribution in [3.05, 3.63) is 0 Å². The molecule has 0 radical (unpaired) electrons. The molecule has 1 saturated heterocycles. The minimum Gasteiger partial charge on any atom is -0.341 e. The van der Waals surface area contributed by atoms with Crippen LogP contribution in [-0.4, -0.2) is 42.0 Å². The smallest absolute Gasteiger partial charge is 0.315 e. The van der Waals surface area contributed by atoms with Crippen molar-refractivity contribution in [1.29, 1.82) is 0 Å². The fourth-order valence-corrected chi connectivity index (χ4v) is 3.32. The molecule has 2 aliphatic rings. The Morgan fingerprint density at radius 2 is 1.86 bits per heavy atom. The van der Waals surface area contributed by atoms with Gasteiger partial charge in [0.25, 0.3) is 0 Å². The number of nitrogens with zero attached hydrogens (tertiary/aromatic N) is 1. The molecule has 1 aliphatic carbocycles. The molecule has 1 heterocycles. The lowest BCUT2D eigenvalue weighted by Gasteiger charge is -2.25. The van der Waals surface area contributed by atoms with Crippen LogP contribution in [0.5, 0.6) is 0 Å². The number of rotatable bonds is 4. The van der Waals surface area contributed by atoms with E-state index >= 15 is 0 Å². The third kappa shape index (κ3) is 5.56. The van der Waals surface area contributed by atoms with Crippen LogP contribution in [0.15, 0.2) is 0 Å². The molecule has 0 bridgehead atoms. The molecule has 2 N–H and O–H groups in total. The van der Waals surface area contributed by atoms with Gasteiger partial charge in [-0.1, -0.05) is 32.1 Å². The fraction of sp³-hybridized carbons (Fsp3) is 0.875. The van der Waals surface area contributed by atoms with Crippen molar-refractivity contribution >= 4 is 11.9 Å². The average Bonchev–Trinajstić information content (AvgIpc) is 2.78. The van der Waals surface area contributed by atoms with Crippen molar-refractivity contribution in [2.75, 3.05) is 13.1 Å². The predicted octanol–water partition coefficient (Wildman–Crippen LogP) is 2.41. The maximum atomic E-state index is 12.0. The molecule has 120 valence electrons. The van der Waals surface area contributed by atoms with Crippen molar-refractivity contribution < 1.29 is 9.59 Å². The molecule has 1 aliphatic heterocycles. The van der Waals surface area contributed by atoms with Crippen LogP contribution >= 0.6 is 0 Å². The van der Waals surface area contributed by atoms with Crippen LogP contribution < -0.4 is 10.6 Å². The largest absolute Gasteiger partial charge is 0.341 e. The van der Waals surface area contributed by atoms with E-state index in [0.717, 1.165) is 25.8 Å². The van der Waals surface area contributed by atoms with Crippen molar-refractivity contribution in [2.45, 2.75) is 76.8 Å². The molecule has 0 spiro atoms. The van der Waals surface area contributed by atoms with Crippen LogP contribution in [0.3, 0.4) is 0 Å². The Hall–Kier alpha value is -1.26. The Bertz CT molecular complexity index is 351. The van der Waals surface area contributed by atoms with E-state index in [-0.39, 0.29) is 18.0 Å². The molecule has 2 fully saturated rings. The summed E-state index contributed by atoms with van der Waals surface area (Å²) < 4.78 is 0. The van der Waals surface area contributed by atoms with Gasteiger partial charge < -0.3 is 15.5 Å². The van der Waals surface area contributed by atoms with Gasteiger partial charge >= 0.3 is 6.03 Å². The first-order valence-electron chi connectivity index (χ1n) is 8.50. The van der Waals surface area contributed by atoms with E-state index < -0.39 is 0 Å².